The molecule has 2 aromatic carbocycles. The third-order valence-electron chi connectivity index (χ3n) is 5.50. The average molecular weight is 460 g/mol. The van der Waals surface area contributed by atoms with Crippen LogP contribution in [-0.4, -0.2) is 49.6 Å². The highest BCUT2D eigenvalue weighted by Crippen LogP contribution is 2.32. The number of carbonyl (C=O) groups excluding carboxylic acids is 1. The molecule has 0 saturated heterocycles. The van der Waals surface area contributed by atoms with Gasteiger partial charge < -0.3 is 9.64 Å². The predicted molar refractivity (Wildman–Crippen MR) is 131 cm³/mol. The maximum Gasteiger partial charge on any atom is 0.260 e. The summed E-state index contributed by atoms with van der Waals surface area (Å²) in [6, 6.07) is 12.1. The van der Waals surface area contributed by atoms with Crippen LogP contribution in [0.3, 0.4) is 0 Å². The Morgan fingerprint density at radius 2 is 1.84 bits per heavy atom. The van der Waals surface area contributed by atoms with E-state index in [9.17, 15) is 4.79 Å². The summed E-state index contributed by atoms with van der Waals surface area (Å²) in [6.07, 6.45) is 4.63. The number of halogens is 1. The predicted octanol–water partition coefficient (Wildman–Crippen LogP) is 5.20. The number of anilines is 1. The number of ether oxygens (including phenoxy) is 1. The molecule has 0 unspecified atom stereocenters. The summed E-state index contributed by atoms with van der Waals surface area (Å²) in [6.45, 7) is 3.98. The first-order chi connectivity index (χ1) is 14.5. The lowest BCUT2D eigenvalue weighted by atomic mass is 9.90. The van der Waals surface area contributed by atoms with E-state index in [1.54, 1.807) is 11.3 Å². The Morgan fingerprint density at radius 3 is 2.58 bits per heavy atom. The normalized spacial score (nSPS) is 13.0. The Hall–Kier alpha value is -2.15. The molecule has 1 aromatic heterocycles. The van der Waals surface area contributed by atoms with E-state index in [1.165, 1.54) is 24.0 Å². The highest BCUT2D eigenvalue weighted by molar-refractivity contribution is 7.22. The van der Waals surface area contributed by atoms with Crippen molar-refractivity contribution < 1.29 is 9.53 Å². The second-order valence-corrected chi connectivity index (χ2v) is 9.02. The molecular formula is C24H30ClN3O2S. The van der Waals surface area contributed by atoms with Crippen LogP contribution in [0.25, 0.3) is 10.2 Å². The topological polar surface area (TPSA) is 45.7 Å². The molecule has 0 N–H and O–H groups in total. The number of carbonyl (C=O) groups is 1. The molecule has 0 atom stereocenters. The maximum atomic E-state index is 13.5. The summed E-state index contributed by atoms with van der Waals surface area (Å²) in [5, 5.41) is 0.739. The highest BCUT2D eigenvalue weighted by Gasteiger charge is 2.23. The second kappa shape index (κ2) is 10.4. The number of likely N-dealkylation sites (N-methyl/N-ethyl adjacent to an activating group) is 1. The van der Waals surface area contributed by atoms with Gasteiger partial charge in [-0.15, -0.1) is 12.4 Å². The van der Waals surface area contributed by atoms with Crippen LogP contribution in [-0.2, 0) is 12.8 Å². The lowest BCUT2D eigenvalue weighted by Gasteiger charge is -2.23. The van der Waals surface area contributed by atoms with Crippen molar-refractivity contribution in [2.75, 3.05) is 38.7 Å². The van der Waals surface area contributed by atoms with E-state index < -0.39 is 0 Å². The number of hydrogen-bond acceptors (Lipinski definition) is 5. The van der Waals surface area contributed by atoms with Crippen molar-refractivity contribution in [3.63, 3.8) is 0 Å². The van der Waals surface area contributed by atoms with Gasteiger partial charge in [0.2, 0.25) is 0 Å². The Morgan fingerprint density at radius 1 is 1.06 bits per heavy atom. The molecular weight excluding hydrogens is 430 g/mol. The molecule has 0 radical (unpaired) electrons. The van der Waals surface area contributed by atoms with Crippen molar-refractivity contribution in [2.45, 2.75) is 32.6 Å². The minimum absolute atomic E-state index is 0. The third-order valence-corrected chi connectivity index (χ3v) is 6.54. The van der Waals surface area contributed by atoms with Gasteiger partial charge in [-0.3, -0.25) is 9.69 Å². The summed E-state index contributed by atoms with van der Waals surface area (Å²) >= 11 is 1.54. The molecule has 1 amide bonds. The van der Waals surface area contributed by atoms with E-state index >= 15 is 0 Å². The number of aryl methyl sites for hydroxylation is 2. The van der Waals surface area contributed by atoms with Crippen LogP contribution in [0.15, 0.2) is 36.4 Å². The van der Waals surface area contributed by atoms with Crippen LogP contribution in [0, 0.1) is 0 Å². The summed E-state index contributed by atoms with van der Waals surface area (Å²) in [5.74, 6) is 0.857. The van der Waals surface area contributed by atoms with Crippen LogP contribution < -0.4 is 9.64 Å². The van der Waals surface area contributed by atoms with Crippen molar-refractivity contribution >= 4 is 45.0 Å². The zero-order chi connectivity index (χ0) is 21.1. The Bertz CT molecular complexity index is 1050. The Labute approximate surface area is 194 Å². The minimum atomic E-state index is 0. The molecule has 5 nitrogen and oxygen atoms in total. The number of benzene rings is 2. The van der Waals surface area contributed by atoms with Gasteiger partial charge in [0.15, 0.2) is 5.13 Å². The summed E-state index contributed by atoms with van der Waals surface area (Å²) in [7, 11) is 4.04. The van der Waals surface area contributed by atoms with Crippen molar-refractivity contribution in [1.29, 1.82) is 0 Å². The highest BCUT2D eigenvalue weighted by atomic mass is 35.5. The van der Waals surface area contributed by atoms with E-state index in [2.05, 4.69) is 17.0 Å². The van der Waals surface area contributed by atoms with Gasteiger partial charge in [0, 0.05) is 18.7 Å². The standard InChI is InChI=1S/C24H29N3O2S.ClH/c1-4-29-20-11-12-21-22(16-20)30-24(25-21)27(14-13-26(2)3)23(28)19-10-9-17-7-5-6-8-18(17)15-19;/h9-12,15-16H,4-8,13-14H2,1-3H3;1H. The number of hydrogen-bond donors (Lipinski definition) is 0. The smallest absolute Gasteiger partial charge is 0.260 e. The van der Waals surface area contributed by atoms with E-state index in [0.29, 0.717) is 13.2 Å². The molecule has 0 fully saturated rings. The van der Waals surface area contributed by atoms with Crippen molar-refractivity contribution in [1.82, 2.24) is 9.88 Å². The average Bonchev–Trinajstić information content (AvgIpc) is 3.16. The molecule has 0 saturated carbocycles. The van der Waals surface area contributed by atoms with Crippen LogP contribution >= 0.6 is 23.7 Å². The monoisotopic (exact) mass is 459 g/mol. The van der Waals surface area contributed by atoms with Crippen molar-refractivity contribution in [2.24, 2.45) is 0 Å². The van der Waals surface area contributed by atoms with Gasteiger partial charge in [0.25, 0.3) is 5.91 Å². The molecule has 0 spiro atoms. The Balaban J connectivity index is 0.00000272. The maximum absolute atomic E-state index is 13.5. The molecule has 4 rings (SSSR count). The fourth-order valence-corrected chi connectivity index (χ4v) is 4.89. The van der Waals surface area contributed by atoms with Gasteiger partial charge in [-0.25, -0.2) is 4.98 Å². The minimum Gasteiger partial charge on any atom is -0.494 e. The first kappa shape index (κ1) is 23.5. The SMILES string of the molecule is CCOc1ccc2nc(N(CCN(C)C)C(=O)c3ccc4c(c3)CCCC4)sc2c1.Cl. The second-order valence-electron chi connectivity index (χ2n) is 8.01. The van der Waals surface area contributed by atoms with Gasteiger partial charge in [-0.2, -0.15) is 0 Å². The van der Waals surface area contributed by atoms with E-state index in [-0.39, 0.29) is 18.3 Å². The van der Waals surface area contributed by atoms with Gasteiger partial charge in [-0.05, 0) is 88.2 Å². The fourth-order valence-electron chi connectivity index (χ4n) is 3.87. The number of aromatic nitrogens is 1. The Kier molecular flexibility index (Phi) is 7.92. The van der Waals surface area contributed by atoms with Gasteiger partial charge in [0.1, 0.15) is 5.75 Å². The summed E-state index contributed by atoms with van der Waals surface area (Å²) in [4.78, 5) is 22.2. The van der Waals surface area contributed by atoms with Crippen molar-refractivity contribution in [3.05, 3.63) is 53.1 Å². The molecule has 3 aromatic rings. The van der Waals surface area contributed by atoms with Gasteiger partial charge in [-0.1, -0.05) is 17.4 Å². The number of rotatable bonds is 7. The van der Waals surface area contributed by atoms with Crippen LogP contribution in [0.2, 0.25) is 0 Å². The van der Waals surface area contributed by atoms with Crippen LogP contribution in [0.5, 0.6) is 5.75 Å². The fraction of sp³-hybridized carbons (Fsp3) is 0.417. The number of fused-ring (bicyclic) bond motifs is 2. The van der Waals surface area contributed by atoms with Crippen LogP contribution in [0.4, 0.5) is 5.13 Å². The largest absolute Gasteiger partial charge is 0.494 e. The molecule has 1 aliphatic rings. The molecule has 1 heterocycles. The summed E-state index contributed by atoms with van der Waals surface area (Å²) in [5.41, 5.74) is 4.36. The molecule has 7 heteroatoms. The lowest BCUT2D eigenvalue weighted by Crippen LogP contribution is -2.36. The van der Waals surface area contributed by atoms with E-state index in [0.717, 1.165) is 46.0 Å². The zero-order valence-electron chi connectivity index (χ0n) is 18.4. The van der Waals surface area contributed by atoms with E-state index in [1.807, 2.05) is 50.2 Å². The summed E-state index contributed by atoms with van der Waals surface area (Å²) < 4.78 is 6.66. The van der Waals surface area contributed by atoms with Gasteiger partial charge in [0.05, 0.1) is 16.8 Å². The zero-order valence-corrected chi connectivity index (χ0v) is 20.0. The lowest BCUT2D eigenvalue weighted by molar-refractivity contribution is 0.0985. The molecule has 1 aliphatic carbocycles. The first-order valence-corrected chi connectivity index (χ1v) is 11.5. The molecule has 166 valence electrons. The quantitative estimate of drug-likeness (QED) is 0.487. The van der Waals surface area contributed by atoms with E-state index in [4.69, 9.17) is 9.72 Å². The molecule has 31 heavy (non-hydrogen) atoms. The molecule has 0 bridgehead atoms. The van der Waals surface area contributed by atoms with Crippen molar-refractivity contribution in [3.8, 4) is 5.75 Å². The number of thiazole rings is 1. The number of amides is 1. The third kappa shape index (κ3) is 5.37. The molecule has 0 aliphatic heterocycles. The first-order valence-electron chi connectivity index (χ1n) is 10.7. The number of nitrogens with zero attached hydrogens (tertiary/aromatic N) is 3. The van der Waals surface area contributed by atoms with Crippen LogP contribution in [0.1, 0.15) is 41.3 Å². The van der Waals surface area contributed by atoms with Gasteiger partial charge >= 0.3 is 0 Å².